The third kappa shape index (κ3) is 3.09. The first-order valence-electron chi connectivity index (χ1n) is 5.89. The lowest BCUT2D eigenvalue weighted by Gasteiger charge is -2.15. The van der Waals surface area contributed by atoms with Gasteiger partial charge in [-0.2, -0.15) is 0 Å². The highest BCUT2D eigenvalue weighted by Gasteiger charge is 2.09. The van der Waals surface area contributed by atoms with Crippen LogP contribution in [0.3, 0.4) is 0 Å². The van der Waals surface area contributed by atoms with Crippen LogP contribution in [-0.2, 0) is 6.54 Å². The zero-order valence-corrected chi connectivity index (χ0v) is 10.9. The molecule has 0 aliphatic carbocycles. The summed E-state index contributed by atoms with van der Waals surface area (Å²) >= 11 is 5.98. The second kappa shape index (κ2) is 5.98. The summed E-state index contributed by atoms with van der Waals surface area (Å²) in [6.45, 7) is 2.46. The van der Waals surface area contributed by atoms with Gasteiger partial charge in [0, 0.05) is 23.2 Å². The summed E-state index contributed by atoms with van der Waals surface area (Å²) < 4.78 is 13.6. The van der Waals surface area contributed by atoms with Gasteiger partial charge in [-0.25, -0.2) is 4.39 Å². The molecule has 0 aromatic heterocycles. The minimum atomic E-state index is -0.268. The minimum absolute atomic E-state index is 0.155. The summed E-state index contributed by atoms with van der Waals surface area (Å²) in [7, 11) is 0. The maximum atomic E-state index is 13.6. The Morgan fingerprint density at radius 1 is 1.11 bits per heavy atom. The van der Waals surface area contributed by atoms with Crippen LogP contribution < -0.4 is 5.32 Å². The summed E-state index contributed by atoms with van der Waals surface area (Å²) in [5, 5.41) is 3.73. The SMILES string of the molecule is C[C@@H](NCc1c(F)cccc1Cl)c1ccccc1. The van der Waals surface area contributed by atoms with Crippen LogP contribution in [0.1, 0.15) is 24.1 Å². The Hall–Kier alpha value is -1.38. The topological polar surface area (TPSA) is 12.0 Å². The number of halogens is 2. The van der Waals surface area contributed by atoms with Crippen molar-refractivity contribution in [1.82, 2.24) is 5.32 Å². The van der Waals surface area contributed by atoms with Crippen LogP contribution in [0.15, 0.2) is 48.5 Å². The van der Waals surface area contributed by atoms with E-state index in [9.17, 15) is 4.39 Å². The Morgan fingerprint density at radius 3 is 2.50 bits per heavy atom. The lowest BCUT2D eigenvalue weighted by Crippen LogP contribution is -2.19. The lowest BCUT2D eigenvalue weighted by molar-refractivity contribution is 0.544. The number of nitrogens with one attached hydrogen (secondary N) is 1. The molecule has 1 nitrogen and oxygen atoms in total. The van der Waals surface area contributed by atoms with E-state index in [0.717, 1.165) is 0 Å². The molecule has 18 heavy (non-hydrogen) atoms. The third-order valence-electron chi connectivity index (χ3n) is 2.95. The van der Waals surface area contributed by atoms with E-state index in [1.165, 1.54) is 11.6 Å². The predicted molar refractivity (Wildman–Crippen MR) is 73.1 cm³/mol. The highest BCUT2D eigenvalue weighted by atomic mass is 35.5. The molecule has 0 aliphatic heterocycles. The van der Waals surface area contributed by atoms with Crippen LogP contribution in [-0.4, -0.2) is 0 Å². The largest absolute Gasteiger partial charge is 0.306 e. The third-order valence-corrected chi connectivity index (χ3v) is 3.30. The van der Waals surface area contributed by atoms with Gasteiger partial charge in [0.1, 0.15) is 5.82 Å². The Labute approximate surface area is 112 Å². The molecule has 2 aromatic rings. The second-order valence-electron chi connectivity index (χ2n) is 4.21. The molecule has 2 aromatic carbocycles. The standard InChI is InChI=1S/C15H15ClFN/c1-11(12-6-3-2-4-7-12)18-10-13-14(16)8-5-9-15(13)17/h2-9,11,18H,10H2,1H3/t11-/m1/s1. The molecule has 0 spiro atoms. The zero-order chi connectivity index (χ0) is 13.0. The van der Waals surface area contributed by atoms with Crippen molar-refractivity contribution in [3.63, 3.8) is 0 Å². The van der Waals surface area contributed by atoms with Crippen LogP contribution in [0.5, 0.6) is 0 Å². The van der Waals surface area contributed by atoms with Crippen molar-refractivity contribution >= 4 is 11.6 Å². The molecule has 0 heterocycles. The van der Waals surface area contributed by atoms with E-state index in [1.54, 1.807) is 12.1 Å². The molecule has 1 atom stereocenters. The van der Waals surface area contributed by atoms with Gasteiger partial charge >= 0.3 is 0 Å². The maximum Gasteiger partial charge on any atom is 0.129 e. The molecule has 0 radical (unpaired) electrons. The molecule has 2 rings (SSSR count). The molecule has 0 fully saturated rings. The first kappa shape index (κ1) is 13.1. The van der Waals surface area contributed by atoms with E-state index < -0.39 is 0 Å². The molecule has 0 amide bonds. The minimum Gasteiger partial charge on any atom is -0.306 e. The van der Waals surface area contributed by atoms with Crippen molar-refractivity contribution < 1.29 is 4.39 Å². The van der Waals surface area contributed by atoms with Gasteiger partial charge in [0.25, 0.3) is 0 Å². The Morgan fingerprint density at radius 2 is 1.83 bits per heavy atom. The van der Waals surface area contributed by atoms with Gasteiger partial charge in [-0.1, -0.05) is 48.0 Å². The molecule has 1 N–H and O–H groups in total. The Bertz CT molecular complexity index is 493. The van der Waals surface area contributed by atoms with Gasteiger partial charge in [-0.3, -0.25) is 0 Å². The summed E-state index contributed by atoms with van der Waals surface area (Å²) in [5.41, 5.74) is 1.69. The molecule has 0 bridgehead atoms. The Kier molecular flexibility index (Phi) is 4.34. The van der Waals surface area contributed by atoms with Crippen LogP contribution in [0.2, 0.25) is 5.02 Å². The smallest absolute Gasteiger partial charge is 0.129 e. The monoisotopic (exact) mass is 263 g/mol. The van der Waals surface area contributed by atoms with Gasteiger partial charge in [-0.15, -0.1) is 0 Å². The van der Waals surface area contributed by atoms with E-state index in [2.05, 4.69) is 5.32 Å². The average Bonchev–Trinajstić information content (AvgIpc) is 2.39. The van der Waals surface area contributed by atoms with E-state index in [-0.39, 0.29) is 11.9 Å². The van der Waals surface area contributed by atoms with Crippen LogP contribution in [0.4, 0.5) is 4.39 Å². The van der Waals surface area contributed by atoms with Crippen molar-refractivity contribution in [3.8, 4) is 0 Å². The Balaban J connectivity index is 2.04. The summed E-state index contributed by atoms with van der Waals surface area (Å²) in [6, 6.07) is 14.9. The van der Waals surface area contributed by atoms with E-state index in [1.807, 2.05) is 37.3 Å². The first-order chi connectivity index (χ1) is 8.68. The van der Waals surface area contributed by atoms with Gasteiger partial charge in [-0.05, 0) is 24.6 Å². The summed E-state index contributed by atoms with van der Waals surface area (Å²) in [4.78, 5) is 0. The van der Waals surface area contributed by atoms with Crippen molar-refractivity contribution in [3.05, 3.63) is 70.5 Å². The van der Waals surface area contributed by atoms with Gasteiger partial charge < -0.3 is 5.32 Å². The molecule has 0 unspecified atom stereocenters. The average molecular weight is 264 g/mol. The summed E-state index contributed by atoms with van der Waals surface area (Å²) in [6.07, 6.45) is 0. The van der Waals surface area contributed by atoms with Gasteiger partial charge in [0.05, 0.1) is 0 Å². The van der Waals surface area contributed by atoms with Crippen LogP contribution >= 0.6 is 11.6 Å². The van der Waals surface area contributed by atoms with Crippen molar-refractivity contribution in [2.75, 3.05) is 0 Å². The van der Waals surface area contributed by atoms with Crippen molar-refractivity contribution in [1.29, 1.82) is 0 Å². The molecular weight excluding hydrogens is 249 g/mol. The van der Waals surface area contributed by atoms with Crippen LogP contribution in [0.25, 0.3) is 0 Å². The fraction of sp³-hybridized carbons (Fsp3) is 0.200. The quantitative estimate of drug-likeness (QED) is 0.866. The number of rotatable bonds is 4. The first-order valence-corrected chi connectivity index (χ1v) is 6.27. The normalized spacial score (nSPS) is 12.4. The molecule has 0 saturated carbocycles. The maximum absolute atomic E-state index is 13.6. The molecule has 0 aliphatic rings. The van der Waals surface area contributed by atoms with Crippen molar-refractivity contribution in [2.45, 2.75) is 19.5 Å². The zero-order valence-electron chi connectivity index (χ0n) is 10.2. The van der Waals surface area contributed by atoms with Crippen LogP contribution in [0, 0.1) is 5.82 Å². The highest BCUT2D eigenvalue weighted by Crippen LogP contribution is 2.20. The lowest BCUT2D eigenvalue weighted by atomic mass is 10.1. The van der Waals surface area contributed by atoms with E-state index in [0.29, 0.717) is 17.1 Å². The van der Waals surface area contributed by atoms with Gasteiger partial charge in [0.2, 0.25) is 0 Å². The number of benzene rings is 2. The number of hydrogen-bond donors (Lipinski definition) is 1. The fourth-order valence-corrected chi connectivity index (χ4v) is 2.05. The summed E-state index contributed by atoms with van der Waals surface area (Å²) in [5.74, 6) is -0.268. The van der Waals surface area contributed by atoms with E-state index >= 15 is 0 Å². The molecular formula is C15H15ClFN. The fourth-order valence-electron chi connectivity index (χ4n) is 1.82. The number of hydrogen-bond acceptors (Lipinski definition) is 1. The second-order valence-corrected chi connectivity index (χ2v) is 4.62. The van der Waals surface area contributed by atoms with E-state index in [4.69, 9.17) is 11.6 Å². The molecule has 94 valence electrons. The van der Waals surface area contributed by atoms with Crippen molar-refractivity contribution in [2.24, 2.45) is 0 Å². The molecule has 0 saturated heterocycles. The highest BCUT2D eigenvalue weighted by molar-refractivity contribution is 6.31. The molecule has 3 heteroatoms. The predicted octanol–water partition coefficient (Wildman–Crippen LogP) is 4.33. The van der Waals surface area contributed by atoms with Gasteiger partial charge in [0.15, 0.2) is 0 Å².